The predicted molar refractivity (Wildman–Crippen MR) is 74.1 cm³/mol. The van der Waals surface area contributed by atoms with Crippen molar-refractivity contribution in [3.05, 3.63) is 18.3 Å². The fraction of sp³-hybridized carbons (Fsp3) is 0.733. The molecule has 5 heterocycles. The van der Waals surface area contributed by atoms with Gasteiger partial charge in [-0.1, -0.05) is 0 Å². The summed E-state index contributed by atoms with van der Waals surface area (Å²) in [4.78, 5) is 5.23. The van der Waals surface area contributed by atoms with Gasteiger partial charge in [0.2, 0.25) is 0 Å². The number of aromatic nitrogens is 1. The van der Waals surface area contributed by atoms with E-state index in [9.17, 15) is 0 Å². The predicted octanol–water partition coefficient (Wildman–Crippen LogP) is 2.36. The third kappa shape index (κ3) is 1.68. The van der Waals surface area contributed by atoms with Crippen LogP contribution in [0, 0.1) is 5.92 Å². The second-order valence-electron chi connectivity index (χ2n) is 6.17. The number of anilines is 1. The zero-order valence-corrected chi connectivity index (χ0v) is 11.1. The molecule has 0 aliphatic carbocycles. The van der Waals surface area contributed by atoms with Crippen molar-refractivity contribution in [1.82, 2.24) is 9.47 Å². The molecule has 18 heavy (non-hydrogen) atoms. The van der Waals surface area contributed by atoms with E-state index in [1.807, 2.05) is 0 Å². The lowest BCUT2D eigenvalue weighted by Gasteiger charge is -2.46. The van der Waals surface area contributed by atoms with E-state index in [4.69, 9.17) is 0 Å². The molecule has 0 N–H and O–H groups in total. The minimum Gasteiger partial charge on any atom is -0.358 e. The smallest absolute Gasteiger partial charge is 0.108 e. The maximum absolute atomic E-state index is 2.65. The van der Waals surface area contributed by atoms with Gasteiger partial charge in [0.1, 0.15) is 5.82 Å². The van der Waals surface area contributed by atoms with Gasteiger partial charge in [0.15, 0.2) is 0 Å². The first kappa shape index (κ1) is 10.9. The van der Waals surface area contributed by atoms with Gasteiger partial charge in [-0.25, -0.2) is 0 Å². The van der Waals surface area contributed by atoms with Crippen LogP contribution in [0.25, 0.3) is 0 Å². The summed E-state index contributed by atoms with van der Waals surface area (Å²) >= 11 is 0. The summed E-state index contributed by atoms with van der Waals surface area (Å²) in [6.45, 7) is 6.46. The lowest BCUT2D eigenvalue weighted by molar-refractivity contribution is 0.0578. The summed E-state index contributed by atoms with van der Waals surface area (Å²) in [5.41, 5.74) is 0. The van der Waals surface area contributed by atoms with E-state index >= 15 is 0 Å². The van der Waals surface area contributed by atoms with E-state index in [1.165, 1.54) is 64.2 Å². The van der Waals surface area contributed by atoms with E-state index in [1.54, 1.807) is 0 Å². The molecule has 3 heteroatoms. The van der Waals surface area contributed by atoms with Gasteiger partial charge >= 0.3 is 0 Å². The Hall–Kier alpha value is -0.960. The summed E-state index contributed by atoms with van der Waals surface area (Å²) in [5.74, 6) is 2.40. The van der Waals surface area contributed by atoms with Crippen LogP contribution in [-0.2, 0) is 0 Å². The number of nitrogens with zero attached hydrogens (tertiary/aromatic N) is 3. The van der Waals surface area contributed by atoms with E-state index in [0.717, 1.165) is 12.0 Å². The van der Waals surface area contributed by atoms with Gasteiger partial charge in [0, 0.05) is 25.8 Å². The Balaban J connectivity index is 1.62. The van der Waals surface area contributed by atoms with Crippen molar-refractivity contribution in [1.29, 1.82) is 0 Å². The minimum atomic E-state index is 0.734. The van der Waals surface area contributed by atoms with Gasteiger partial charge in [-0.2, -0.15) is 0 Å². The van der Waals surface area contributed by atoms with Crippen LogP contribution in [0.2, 0.25) is 0 Å². The highest BCUT2D eigenvalue weighted by molar-refractivity contribution is 5.42. The van der Waals surface area contributed by atoms with Gasteiger partial charge < -0.3 is 14.4 Å². The van der Waals surface area contributed by atoms with Crippen molar-refractivity contribution in [3.8, 4) is 0 Å². The summed E-state index contributed by atoms with van der Waals surface area (Å²) < 4.78 is 2.58. The Morgan fingerprint density at radius 3 is 2.44 bits per heavy atom. The molecule has 1 aromatic heterocycles. The van der Waals surface area contributed by atoms with Crippen LogP contribution in [0.1, 0.15) is 31.7 Å². The fourth-order valence-electron chi connectivity index (χ4n) is 4.13. The van der Waals surface area contributed by atoms with Crippen molar-refractivity contribution in [2.24, 2.45) is 5.92 Å². The zero-order valence-electron chi connectivity index (χ0n) is 11.1. The molecular weight excluding hydrogens is 222 g/mol. The summed E-state index contributed by atoms with van der Waals surface area (Å²) in [7, 11) is 0. The largest absolute Gasteiger partial charge is 0.358 e. The Kier molecular flexibility index (Phi) is 2.61. The second-order valence-corrected chi connectivity index (χ2v) is 6.17. The summed E-state index contributed by atoms with van der Waals surface area (Å²) in [5, 5.41) is 0. The van der Waals surface area contributed by atoms with Crippen molar-refractivity contribution in [3.63, 3.8) is 0 Å². The van der Waals surface area contributed by atoms with E-state index in [0.29, 0.717) is 0 Å². The van der Waals surface area contributed by atoms with Gasteiger partial charge in [-0.05, 0) is 56.8 Å². The maximum Gasteiger partial charge on any atom is 0.108 e. The molecule has 1 atom stereocenters. The molecule has 4 saturated heterocycles. The van der Waals surface area contributed by atoms with E-state index in [-0.39, 0.29) is 0 Å². The molecular formula is C15H23N3. The molecule has 0 unspecified atom stereocenters. The molecule has 4 aliphatic rings. The third-order valence-electron chi connectivity index (χ3n) is 5.17. The van der Waals surface area contributed by atoms with E-state index in [2.05, 4.69) is 32.7 Å². The van der Waals surface area contributed by atoms with E-state index < -0.39 is 0 Å². The van der Waals surface area contributed by atoms with Gasteiger partial charge in [-0.15, -0.1) is 0 Å². The first-order chi connectivity index (χ1) is 8.92. The number of fused-ring (bicyclic) bond motifs is 3. The molecule has 4 aliphatic heterocycles. The highest BCUT2D eigenvalue weighted by Crippen LogP contribution is 2.38. The average molecular weight is 245 g/mol. The van der Waals surface area contributed by atoms with Crippen molar-refractivity contribution in [2.45, 2.75) is 31.7 Å². The standard InChI is InChI=1S/C15H23N3/c1-2-8-17(7-1)15-4-3-9-18(15)14-12-16-10-5-13(14)6-11-16/h3-4,9,13-14H,1-2,5-8,10-12H2/t14-/m1/s1. The molecule has 0 radical (unpaired) electrons. The SMILES string of the molecule is c1cc(N2CCCC2)n([C@@H]2CN3CCC2CC3)c1. The fourth-order valence-corrected chi connectivity index (χ4v) is 4.13. The number of piperidine rings is 3. The highest BCUT2D eigenvalue weighted by atomic mass is 15.3. The number of hydrogen-bond acceptors (Lipinski definition) is 2. The molecule has 2 bridgehead atoms. The first-order valence-electron chi connectivity index (χ1n) is 7.56. The maximum atomic E-state index is 2.65. The van der Waals surface area contributed by atoms with Crippen LogP contribution in [0.4, 0.5) is 5.82 Å². The number of rotatable bonds is 2. The van der Waals surface area contributed by atoms with Crippen LogP contribution in [-0.4, -0.2) is 42.2 Å². The molecule has 0 saturated carbocycles. The highest BCUT2D eigenvalue weighted by Gasteiger charge is 2.36. The Labute approximate surface area is 109 Å². The Morgan fingerprint density at radius 2 is 1.78 bits per heavy atom. The lowest BCUT2D eigenvalue weighted by Crippen LogP contribution is -2.48. The van der Waals surface area contributed by atoms with Crippen LogP contribution in [0.15, 0.2) is 18.3 Å². The Bertz CT molecular complexity index is 411. The van der Waals surface area contributed by atoms with Gasteiger partial charge in [0.05, 0.1) is 6.04 Å². The average Bonchev–Trinajstić information content (AvgIpc) is 3.11. The van der Waals surface area contributed by atoms with Crippen LogP contribution in [0.5, 0.6) is 0 Å². The topological polar surface area (TPSA) is 11.4 Å². The van der Waals surface area contributed by atoms with Gasteiger partial charge in [0.25, 0.3) is 0 Å². The van der Waals surface area contributed by atoms with Crippen LogP contribution < -0.4 is 4.90 Å². The molecule has 98 valence electrons. The molecule has 0 spiro atoms. The third-order valence-corrected chi connectivity index (χ3v) is 5.17. The quantitative estimate of drug-likeness (QED) is 0.792. The molecule has 3 nitrogen and oxygen atoms in total. The molecule has 5 rings (SSSR count). The number of hydrogen-bond donors (Lipinski definition) is 0. The van der Waals surface area contributed by atoms with Crippen molar-refractivity contribution >= 4 is 5.82 Å². The normalized spacial score (nSPS) is 35.3. The van der Waals surface area contributed by atoms with Crippen LogP contribution >= 0.6 is 0 Å². The first-order valence-corrected chi connectivity index (χ1v) is 7.56. The monoisotopic (exact) mass is 245 g/mol. The van der Waals surface area contributed by atoms with Crippen LogP contribution in [0.3, 0.4) is 0 Å². The van der Waals surface area contributed by atoms with Gasteiger partial charge in [-0.3, -0.25) is 0 Å². The Morgan fingerprint density at radius 1 is 1.00 bits per heavy atom. The molecule has 4 fully saturated rings. The van der Waals surface area contributed by atoms with Crippen molar-refractivity contribution < 1.29 is 0 Å². The molecule has 1 aromatic rings. The summed E-state index contributed by atoms with van der Waals surface area (Å²) in [6.07, 6.45) is 7.86. The lowest BCUT2D eigenvalue weighted by atomic mass is 9.84. The second kappa shape index (κ2) is 4.30. The molecule has 0 aromatic carbocycles. The zero-order chi connectivity index (χ0) is 11.9. The molecule has 0 amide bonds. The minimum absolute atomic E-state index is 0.734. The van der Waals surface area contributed by atoms with Crippen molar-refractivity contribution in [2.75, 3.05) is 37.6 Å². The summed E-state index contributed by atoms with van der Waals surface area (Å²) in [6, 6.07) is 5.30.